The van der Waals surface area contributed by atoms with Gasteiger partial charge in [0.25, 0.3) is 0 Å². The van der Waals surface area contributed by atoms with Crippen molar-refractivity contribution in [3.05, 3.63) is 66.4 Å². The number of carbonyl (C=O) groups excluding carboxylic acids is 1. The van der Waals surface area contributed by atoms with Gasteiger partial charge in [0.15, 0.2) is 0 Å². The van der Waals surface area contributed by atoms with Crippen LogP contribution in [0.3, 0.4) is 0 Å². The number of rotatable bonds is 6. The van der Waals surface area contributed by atoms with E-state index in [-0.39, 0.29) is 18.1 Å². The van der Waals surface area contributed by atoms with Crippen molar-refractivity contribution in [1.82, 2.24) is 4.57 Å². The van der Waals surface area contributed by atoms with Crippen LogP contribution < -0.4 is 4.74 Å². The smallest absolute Gasteiger partial charge is 0.329 e. The van der Waals surface area contributed by atoms with Crippen LogP contribution in [-0.4, -0.2) is 16.6 Å². The zero-order chi connectivity index (χ0) is 17.8. The highest BCUT2D eigenvalue weighted by atomic mass is 16.5. The highest BCUT2D eigenvalue weighted by Crippen LogP contribution is 2.29. The lowest BCUT2D eigenvalue weighted by atomic mass is 10.2. The first-order valence-electron chi connectivity index (χ1n) is 8.53. The molecule has 0 aliphatic heterocycles. The zero-order valence-corrected chi connectivity index (χ0v) is 14.8. The summed E-state index contributed by atoms with van der Waals surface area (Å²) in [5.74, 6) is 0.577. The Labute approximate surface area is 148 Å². The van der Waals surface area contributed by atoms with Gasteiger partial charge < -0.3 is 14.0 Å². The quantitative estimate of drug-likeness (QED) is 0.610. The molecule has 4 nitrogen and oxygen atoms in total. The van der Waals surface area contributed by atoms with Crippen LogP contribution in [0.25, 0.3) is 10.9 Å². The van der Waals surface area contributed by atoms with E-state index in [1.54, 1.807) is 0 Å². The summed E-state index contributed by atoms with van der Waals surface area (Å²) >= 11 is 0. The van der Waals surface area contributed by atoms with Crippen molar-refractivity contribution < 1.29 is 14.3 Å². The Bertz CT molecular complexity index is 852. The van der Waals surface area contributed by atoms with Crippen LogP contribution >= 0.6 is 0 Å². The van der Waals surface area contributed by atoms with Gasteiger partial charge in [0, 0.05) is 11.6 Å². The van der Waals surface area contributed by atoms with E-state index in [2.05, 4.69) is 0 Å². The summed E-state index contributed by atoms with van der Waals surface area (Å²) in [5, 5.41) is 0.989. The molecular formula is C21H23NO3. The average Bonchev–Trinajstić information content (AvgIpc) is 3.04. The lowest BCUT2D eigenvalue weighted by molar-refractivity contribution is -0.150. The van der Waals surface area contributed by atoms with Gasteiger partial charge in [0.2, 0.25) is 0 Å². The van der Waals surface area contributed by atoms with Crippen molar-refractivity contribution in [2.24, 2.45) is 0 Å². The SMILES string of the molecule is CC(C)OC(=O)C(C)n1ccc2c(OCc3ccccc3)cccc21. The van der Waals surface area contributed by atoms with Crippen molar-refractivity contribution in [2.75, 3.05) is 0 Å². The molecule has 3 rings (SSSR count). The maximum Gasteiger partial charge on any atom is 0.329 e. The molecule has 0 spiro atoms. The predicted molar refractivity (Wildman–Crippen MR) is 98.7 cm³/mol. The number of esters is 1. The maximum absolute atomic E-state index is 12.2. The summed E-state index contributed by atoms with van der Waals surface area (Å²) in [5.41, 5.74) is 2.08. The number of aromatic nitrogens is 1. The molecule has 0 saturated carbocycles. The third kappa shape index (κ3) is 3.85. The molecule has 130 valence electrons. The molecule has 1 unspecified atom stereocenters. The summed E-state index contributed by atoms with van der Waals surface area (Å²) in [6.07, 6.45) is 1.79. The molecule has 0 aliphatic rings. The van der Waals surface area contributed by atoms with Crippen LogP contribution in [0.15, 0.2) is 60.8 Å². The van der Waals surface area contributed by atoms with Crippen LogP contribution in [-0.2, 0) is 16.1 Å². The van der Waals surface area contributed by atoms with Gasteiger partial charge in [-0.2, -0.15) is 0 Å². The molecular weight excluding hydrogens is 314 g/mol. The fraction of sp³-hybridized carbons (Fsp3) is 0.286. The molecule has 3 aromatic rings. The normalized spacial score (nSPS) is 12.3. The molecule has 0 N–H and O–H groups in total. The Morgan fingerprint density at radius 2 is 1.76 bits per heavy atom. The van der Waals surface area contributed by atoms with Gasteiger partial charge in [-0.15, -0.1) is 0 Å². The Morgan fingerprint density at radius 1 is 1.00 bits per heavy atom. The van der Waals surface area contributed by atoms with E-state index in [9.17, 15) is 4.79 Å². The maximum atomic E-state index is 12.2. The highest BCUT2D eigenvalue weighted by molar-refractivity contribution is 5.88. The zero-order valence-electron chi connectivity index (χ0n) is 14.8. The topological polar surface area (TPSA) is 40.5 Å². The number of benzene rings is 2. The van der Waals surface area contributed by atoms with E-state index in [0.717, 1.165) is 22.2 Å². The van der Waals surface area contributed by atoms with Crippen LogP contribution in [0.1, 0.15) is 32.4 Å². The first-order chi connectivity index (χ1) is 12.1. The van der Waals surface area contributed by atoms with E-state index in [0.29, 0.717) is 6.61 Å². The number of fused-ring (bicyclic) bond motifs is 1. The monoisotopic (exact) mass is 337 g/mol. The van der Waals surface area contributed by atoms with E-state index in [1.807, 2.05) is 86.1 Å². The van der Waals surface area contributed by atoms with Gasteiger partial charge >= 0.3 is 5.97 Å². The van der Waals surface area contributed by atoms with Gasteiger partial charge in [0.1, 0.15) is 18.4 Å². The molecule has 25 heavy (non-hydrogen) atoms. The Kier molecular flexibility index (Phi) is 5.08. The van der Waals surface area contributed by atoms with Gasteiger partial charge in [-0.3, -0.25) is 0 Å². The summed E-state index contributed by atoms with van der Waals surface area (Å²) in [7, 11) is 0. The molecule has 4 heteroatoms. The average molecular weight is 337 g/mol. The Balaban J connectivity index is 1.83. The minimum Gasteiger partial charge on any atom is -0.488 e. The summed E-state index contributed by atoms with van der Waals surface area (Å²) in [6.45, 7) is 6.07. The van der Waals surface area contributed by atoms with Crippen molar-refractivity contribution in [2.45, 2.75) is 39.5 Å². The second-order valence-corrected chi connectivity index (χ2v) is 6.35. The first kappa shape index (κ1) is 17.1. The molecule has 0 aliphatic carbocycles. The number of nitrogens with zero attached hydrogens (tertiary/aromatic N) is 1. The second kappa shape index (κ2) is 7.43. The molecule has 1 atom stereocenters. The van der Waals surface area contributed by atoms with Gasteiger partial charge in [-0.1, -0.05) is 36.4 Å². The summed E-state index contributed by atoms with van der Waals surface area (Å²) in [4.78, 5) is 12.2. The van der Waals surface area contributed by atoms with Crippen molar-refractivity contribution in [1.29, 1.82) is 0 Å². The highest BCUT2D eigenvalue weighted by Gasteiger charge is 2.20. The van der Waals surface area contributed by atoms with Crippen molar-refractivity contribution in [3.63, 3.8) is 0 Å². The Morgan fingerprint density at radius 3 is 2.48 bits per heavy atom. The largest absolute Gasteiger partial charge is 0.488 e. The van der Waals surface area contributed by atoms with E-state index < -0.39 is 0 Å². The number of carbonyl (C=O) groups is 1. The molecule has 0 saturated heterocycles. The number of hydrogen-bond donors (Lipinski definition) is 0. The second-order valence-electron chi connectivity index (χ2n) is 6.35. The molecule has 0 amide bonds. The van der Waals surface area contributed by atoms with Crippen molar-refractivity contribution >= 4 is 16.9 Å². The first-order valence-corrected chi connectivity index (χ1v) is 8.53. The summed E-state index contributed by atoms with van der Waals surface area (Å²) < 4.78 is 13.2. The van der Waals surface area contributed by atoms with Gasteiger partial charge in [0.05, 0.1) is 11.6 Å². The van der Waals surface area contributed by atoms with Crippen LogP contribution in [0.2, 0.25) is 0 Å². The van der Waals surface area contributed by atoms with Gasteiger partial charge in [-0.25, -0.2) is 4.79 Å². The predicted octanol–water partition coefficient (Wildman–Crippen LogP) is 4.73. The fourth-order valence-electron chi connectivity index (χ4n) is 2.80. The minimum atomic E-state index is -0.385. The van der Waals surface area contributed by atoms with E-state index >= 15 is 0 Å². The molecule has 0 fully saturated rings. The minimum absolute atomic E-state index is 0.124. The number of ether oxygens (including phenoxy) is 2. The van der Waals surface area contributed by atoms with Crippen LogP contribution in [0, 0.1) is 0 Å². The molecule has 0 bridgehead atoms. The summed E-state index contributed by atoms with van der Waals surface area (Å²) in [6, 6.07) is 17.5. The lowest BCUT2D eigenvalue weighted by Gasteiger charge is -2.16. The third-order valence-corrected chi connectivity index (χ3v) is 4.07. The molecule has 1 heterocycles. The van der Waals surface area contributed by atoms with Gasteiger partial charge in [-0.05, 0) is 44.5 Å². The third-order valence-electron chi connectivity index (χ3n) is 4.07. The van der Waals surface area contributed by atoms with Crippen molar-refractivity contribution in [3.8, 4) is 5.75 Å². The standard InChI is InChI=1S/C21H23NO3/c1-15(2)25-21(23)16(3)22-13-12-18-19(22)10-7-11-20(18)24-14-17-8-5-4-6-9-17/h4-13,15-16H,14H2,1-3H3. The Hall–Kier alpha value is -2.75. The number of hydrogen-bond acceptors (Lipinski definition) is 3. The van der Waals surface area contributed by atoms with Crippen LogP contribution in [0.5, 0.6) is 5.75 Å². The van der Waals surface area contributed by atoms with E-state index in [4.69, 9.17) is 9.47 Å². The molecule has 1 aromatic heterocycles. The lowest BCUT2D eigenvalue weighted by Crippen LogP contribution is -2.21. The molecule has 0 radical (unpaired) electrons. The van der Waals surface area contributed by atoms with Crippen LogP contribution in [0.4, 0.5) is 0 Å². The van der Waals surface area contributed by atoms with E-state index in [1.165, 1.54) is 0 Å². The fourth-order valence-corrected chi connectivity index (χ4v) is 2.80. The molecule has 2 aromatic carbocycles.